The van der Waals surface area contributed by atoms with E-state index in [-0.39, 0.29) is 18.4 Å². The Morgan fingerprint density at radius 1 is 1.07 bits per heavy atom. The van der Waals surface area contributed by atoms with Crippen LogP contribution in [0, 0.1) is 0 Å². The Kier molecular flexibility index (Phi) is 7.81. The third kappa shape index (κ3) is 6.11. The smallest absolute Gasteiger partial charge is 0.262 e. The Labute approximate surface area is 188 Å². The van der Waals surface area contributed by atoms with Crippen molar-refractivity contribution in [3.8, 4) is 5.75 Å². The van der Waals surface area contributed by atoms with E-state index in [0.29, 0.717) is 31.5 Å². The fourth-order valence-electron chi connectivity index (χ4n) is 3.19. The van der Waals surface area contributed by atoms with Gasteiger partial charge >= 0.3 is 0 Å². The molecule has 2 amide bonds. The molecule has 1 aliphatic heterocycles. The first kappa shape index (κ1) is 21.9. The van der Waals surface area contributed by atoms with Crippen LogP contribution in [0.4, 0.5) is 5.69 Å². The molecule has 2 aromatic carbocycles. The standard InChI is InChI=1S/C21H21BrCl2N2O3/c22-17-11-15(23)12-18(24)20(17)29-13-19(27)25-16-7-5-6-14(10-16)21(28)26-8-3-1-2-4-9-26/h5-7,10-12H,1-4,8-9,13H2,(H,25,27). The van der Waals surface area contributed by atoms with E-state index in [1.807, 2.05) is 4.90 Å². The highest BCUT2D eigenvalue weighted by molar-refractivity contribution is 9.10. The zero-order valence-corrected chi connectivity index (χ0v) is 18.8. The molecule has 5 nitrogen and oxygen atoms in total. The molecule has 3 rings (SSSR count). The highest BCUT2D eigenvalue weighted by Crippen LogP contribution is 2.36. The number of likely N-dealkylation sites (tertiary alicyclic amines) is 1. The maximum atomic E-state index is 12.8. The fourth-order valence-corrected chi connectivity index (χ4v) is 4.56. The van der Waals surface area contributed by atoms with Gasteiger partial charge in [-0.05, 0) is 59.1 Å². The normalized spacial score (nSPS) is 14.2. The van der Waals surface area contributed by atoms with Gasteiger partial charge in [0.25, 0.3) is 11.8 Å². The zero-order valence-electron chi connectivity index (χ0n) is 15.7. The Hall–Kier alpha value is -1.76. The highest BCUT2D eigenvalue weighted by Gasteiger charge is 2.18. The third-order valence-electron chi connectivity index (χ3n) is 4.60. The minimum atomic E-state index is -0.359. The molecule has 0 bridgehead atoms. The minimum absolute atomic E-state index is 0.00359. The van der Waals surface area contributed by atoms with E-state index in [9.17, 15) is 9.59 Å². The fraction of sp³-hybridized carbons (Fsp3) is 0.333. The van der Waals surface area contributed by atoms with Crippen molar-refractivity contribution in [1.29, 1.82) is 0 Å². The average Bonchev–Trinajstić information content (AvgIpc) is 2.96. The van der Waals surface area contributed by atoms with Crippen LogP contribution in [0.25, 0.3) is 0 Å². The number of carbonyl (C=O) groups is 2. The van der Waals surface area contributed by atoms with Gasteiger partial charge in [-0.2, -0.15) is 0 Å². The number of anilines is 1. The van der Waals surface area contributed by atoms with Crippen LogP contribution in [0.1, 0.15) is 36.0 Å². The van der Waals surface area contributed by atoms with Crippen LogP contribution >= 0.6 is 39.1 Å². The van der Waals surface area contributed by atoms with Crippen LogP contribution < -0.4 is 10.1 Å². The molecule has 8 heteroatoms. The van der Waals surface area contributed by atoms with E-state index in [0.717, 1.165) is 38.8 Å². The Morgan fingerprint density at radius 3 is 2.48 bits per heavy atom. The number of carbonyl (C=O) groups excluding carboxylic acids is 2. The molecule has 0 radical (unpaired) electrons. The van der Waals surface area contributed by atoms with E-state index in [1.54, 1.807) is 36.4 Å². The summed E-state index contributed by atoms with van der Waals surface area (Å²) < 4.78 is 6.08. The van der Waals surface area contributed by atoms with Crippen molar-refractivity contribution in [2.24, 2.45) is 0 Å². The van der Waals surface area contributed by atoms with Crippen LogP contribution in [-0.4, -0.2) is 36.4 Å². The lowest BCUT2D eigenvalue weighted by molar-refractivity contribution is -0.118. The number of nitrogens with zero attached hydrogens (tertiary/aromatic N) is 1. The van der Waals surface area contributed by atoms with Crippen molar-refractivity contribution < 1.29 is 14.3 Å². The van der Waals surface area contributed by atoms with E-state index in [4.69, 9.17) is 27.9 Å². The summed E-state index contributed by atoms with van der Waals surface area (Å²) in [4.78, 5) is 26.9. The largest absolute Gasteiger partial charge is 0.481 e. The van der Waals surface area contributed by atoms with Crippen molar-refractivity contribution >= 4 is 56.6 Å². The summed E-state index contributed by atoms with van der Waals surface area (Å²) in [5.41, 5.74) is 1.11. The Bertz CT molecular complexity index is 876. The molecule has 1 fully saturated rings. The molecule has 1 N–H and O–H groups in total. The second kappa shape index (κ2) is 10.3. The number of hydrogen-bond donors (Lipinski definition) is 1. The van der Waals surface area contributed by atoms with Gasteiger partial charge in [-0.1, -0.05) is 42.1 Å². The van der Waals surface area contributed by atoms with Crippen molar-refractivity contribution in [2.45, 2.75) is 25.7 Å². The molecule has 2 aromatic rings. The quantitative estimate of drug-likeness (QED) is 0.566. The summed E-state index contributed by atoms with van der Waals surface area (Å²) in [5.74, 6) is -0.0188. The van der Waals surface area contributed by atoms with Gasteiger partial charge in [-0.15, -0.1) is 0 Å². The van der Waals surface area contributed by atoms with E-state index in [2.05, 4.69) is 21.2 Å². The van der Waals surface area contributed by atoms with E-state index in [1.165, 1.54) is 0 Å². The predicted octanol–water partition coefficient (Wildman–Crippen LogP) is 5.79. The molecule has 154 valence electrons. The first-order valence-electron chi connectivity index (χ1n) is 9.40. The minimum Gasteiger partial charge on any atom is -0.481 e. The summed E-state index contributed by atoms with van der Waals surface area (Å²) in [6.07, 6.45) is 4.38. The van der Waals surface area contributed by atoms with E-state index >= 15 is 0 Å². The van der Waals surface area contributed by atoms with Gasteiger partial charge in [0.15, 0.2) is 12.4 Å². The van der Waals surface area contributed by atoms with Crippen LogP contribution in [0.5, 0.6) is 5.75 Å². The maximum Gasteiger partial charge on any atom is 0.262 e. The summed E-state index contributed by atoms with van der Waals surface area (Å²) in [6, 6.07) is 10.1. The molecule has 1 saturated heterocycles. The molecular weight excluding hydrogens is 479 g/mol. The number of hydrogen-bond acceptors (Lipinski definition) is 3. The molecule has 0 unspecified atom stereocenters. The Morgan fingerprint density at radius 2 is 1.79 bits per heavy atom. The lowest BCUT2D eigenvalue weighted by atomic mass is 10.1. The number of rotatable bonds is 5. The second-order valence-corrected chi connectivity index (χ2v) is 8.52. The summed E-state index contributed by atoms with van der Waals surface area (Å²) in [7, 11) is 0. The lowest BCUT2D eigenvalue weighted by Gasteiger charge is -2.20. The van der Waals surface area contributed by atoms with Crippen molar-refractivity contribution in [2.75, 3.05) is 25.0 Å². The topological polar surface area (TPSA) is 58.6 Å². The van der Waals surface area contributed by atoms with Crippen molar-refractivity contribution in [3.05, 3.63) is 56.5 Å². The summed E-state index contributed by atoms with van der Waals surface area (Å²) in [6.45, 7) is 1.32. The molecule has 0 atom stereocenters. The first-order valence-corrected chi connectivity index (χ1v) is 11.0. The predicted molar refractivity (Wildman–Crippen MR) is 119 cm³/mol. The third-order valence-corrected chi connectivity index (χ3v) is 5.69. The van der Waals surface area contributed by atoms with Crippen LogP contribution in [0.3, 0.4) is 0 Å². The van der Waals surface area contributed by atoms with E-state index < -0.39 is 0 Å². The lowest BCUT2D eigenvalue weighted by Crippen LogP contribution is -2.31. The van der Waals surface area contributed by atoms with Gasteiger partial charge in [-0.25, -0.2) is 0 Å². The number of ether oxygens (including phenoxy) is 1. The van der Waals surface area contributed by atoms with Gasteiger partial charge < -0.3 is 15.0 Å². The zero-order chi connectivity index (χ0) is 20.8. The second-order valence-electron chi connectivity index (χ2n) is 6.82. The van der Waals surface area contributed by atoms with Crippen LogP contribution in [0.15, 0.2) is 40.9 Å². The SMILES string of the molecule is O=C(COc1c(Cl)cc(Cl)cc1Br)Nc1cccc(C(=O)N2CCCCCC2)c1. The van der Waals surface area contributed by atoms with Crippen LogP contribution in [-0.2, 0) is 4.79 Å². The van der Waals surface area contributed by atoms with Crippen molar-refractivity contribution in [1.82, 2.24) is 4.90 Å². The highest BCUT2D eigenvalue weighted by atomic mass is 79.9. The van der Waals surface area contributed by atoms with Crippen LogP contribution in [0.2, 0.25) is 10.0 Å². The molecule has 1 aliphatic rings. The van der Waals surface area contributed by atoms with Gasteiger partial charge in [0.2, 0.25) is 0 Å². The molecule has 0 aliphatic carbocycles. The van der Waals surface area contributed by atoms with Gasteiger partial charge in [0.05, 0.1) is 9.50 Å². The van der Waals surface area contributed by atoms with Crippen molar-refractivity contribution in [3.63, 3.8) is 0 Å². The number of halogens is 3. The number of amides is 2. The average molecular weight is 500 g/mol. The molecule has 1 heterocycles. The first-order chi connectivity index (χ1) is 13.9. The number of benzene rings is 2. The number of nitrogens with one attached hydrogen (secondary N) is 1. The Balaban J connectivity index is 1.61. The monoisotopic (exact) mass is 498 g/mol. The summed E-state index contributed by atoms with van der Waals surface area (Å²) >= 11 is 15.3. The van der Waals surface area contributed by atoms with Gasteiger partial charge in [0, 0.05) is 29.4 Å². The molecule has 29 heavy (non-hydrogen) atoms. The maximum absolute atomic E-state index is 12.8. The summed E-state index contributed by atoms with van der Waals surface area (Å²) in [5, 5.41) is 3.52. The van der Waals surface area contributed by atoms with Gasteiger partial charge in [0.1, 0.15) is 0 Å². The molecule has 0 saturated carbocycles. The molecule has 0 aromatic heterocycles. The van der Waals surface area contributed by atoms with Gasteiger partial charge in [-0.3, -0.25) is 9.59 Å². The molecular formula is C21H21BrCl2N2O3. The molecule has 0 spiro atoms.